The topological polar surface area (TPSA) is 38.8 Å². The standard InChI is InChI=1S/C18H22ClNO3/c1-17(2,3)23-16(21)20-10-8-18(9-11-20)7-6-13-12-14(19)4-5-15(13)22-18/h4-7,12H,8-11H2,1-3H3. The molecule has 3 rings (SSSR count). The van der Waals surface area contributed by atoms with Crippen LogP contribution < -0.4 is 4.74 Å². The molecule has 4 nitrogen and oxygen atoms in total. The Bertz CT molecular complexity index is 640. The van der Waals surface area contributed by atoms with Crippen molar-refractivity contribution in [3.63, 3.8) is 0 Å². The van der Waals surface area contributed by atoms with Gasteiger partial charge in [-0.3, -0.25) is 0 Å². The van der Waals surface area contributed by atoms with Gasteiger partial charge in [0.25, 0.3) is 0 Å². The third-order valence-corrected chi connectivity index (χ3v) is 4.35. The van der Waals surface area contributed by atoms with E-state index in [1.54, 1.807) is 4.90 Å². The van der Waals surface area contributed by atoms with Gasteiger partial charge in [-0.2, -0.15) is 0 Å². The van der Waals surface area contributed by atoms with Crippen molar-refractivity contribution < 1.29 is 14.3 Å². The molecule has 2 heterocycles. The number of nitrogens with zero attached hydrogens (tertiary/aromatic N) is 1. The molecule has 1 amide bonds. The molecule has 0 radical (unpaired) electrons. The third kappa shape index (κ3) is 3.63. The van der Waals surface area contributed by atoms with E-state index in [4.69, 9.17) is 21.1 Å². The minimum Gasteiger partial charge on any atom is -0.482 e. The predicted octanol–water partition coefficient (Wildman–Crippen LogP) is 4.52. The van der Waals surface area contributed by atoms with Gasteiger partial charge in [0, 0.05) is 36.5 Å². The monoisotopic (exact) mass is 335 g/mol. The number of ether oxygens (including phenoxy) is 2. The molecule has 1 fully saturated rings. The molecule has 1 aromatic carbocycles. The highest BCUT2D eigenvalue weighted by molar-refractivity contribution is 6.30. The second-order valence-corrected chi connectivity index (χ2v) is 7.59. The Balaban J connectivity index is 1.66. The maximum absolute atomic E-state index is 12.2. The lowest BCUT2D eigenvalue weighted by Gasteiger charge is -2.42. The van der Waals surface area contributed by atoms with Crippen molar-refractivity contribution in [2.24, 2.45) is 0 Å². The average molecular weight is 336 g/mol. The first-order chi connectivity index (χ1) is 10.8. The summed E-state index contributed by atoms with van der Waals surface area (Å²) in [6.45, 7) is 6.90. The van der Waals surface area contributed by atoms with Crippen LogP contribution in [-0.2, 0) is 4.74 Å². The summed E-state index contributed by atoms with van der Waals surface area (Å²) in [5, 5.41) is 0.702. The Morgan fingerprint density at radius 2 is 2.00 bits per heavy atom. The maximum Gasteiger partial charge on any atom is 0.410 e. The van der Waals surface area contributed by atoms with E-state index in [-0.39, 0.29) is 11.7 Å². The highest BCUT2D eigenvalue weighted by Crippen LogP contribution is 2.38. The molecule has 0 aliphatic carbocycles. The number of hydrogen-bond acceptors (Lipinski definition) is 3. The second kappa shape index (κ2) is 5.75. The van der Waals surface area contributed by atoms with E-state index in [2.05, 4.69) is 12.2 Å². The Hall–Kier alpha value is -1.68. The molecule has 23 heavy (non-hydrogen) atoms. The molecule has 0 saturated carbocycles. The zero-order valence-electron chi connectivity index (χ0n) is 13.8. The van der Waals surface area contributed by atoms with E-state index >= 15 is 0 Å². The van der Waals surface area contributed by atoms with Crippen molar-refractivity contribution in [1.82, 2.24) is 4.90 Å². The number of carbonyl (C=O) groups excluding carboxylic acids is 1. The summed E-state index contributed by atoms with van der Waals surface area (Å²) >= 11 is 6.01. The van der Waals surface area contributed by atoms with Crippen molar-refractivity contribution in [2.75, 3.05) is 13.1 Å². The Kier molecular flexibility index (Phi) is 4.05. The molecule has 0 aromatic heterocycles. The number of benzene rings is 1. The predicted molar refractivity (Wildman–Crippen MR) is 90.9 cm³/mol. The molecular formula is C18H22ClNO3. The Labute approximate surface area is 142 Å². The first-order valence-corrected chi connectivity index (χ1v) is 8.30. The molecule has 1 aromatic rings. The normalized spacial score (nSPS) is 19.2. The maximum atomic E-state index is 12.2. The lowest BCUT2D eigenvalue weighted by Crippen LogP contribution is -2.50. The molecule has 0 bridgehead atoms. The van der Waals surface area contributed by atoms with Crippen LogP contribution in [0.1, 0.15) is 39.2 Å². The highest BCUT2D eigenvalue weighted by Gasteiger charge is 2.38. The summed E-state index contributed by atoms with van der Waals surface area (Å²) in [6, 6.07) is 5.64. The summed E-state index contributed by atoms with van der Waals surface area (Å²) < 4.78 is 11.7. The van der Waals surface area contributed by atoms with Gasteiger partial charge in [-0.25, -0.2) is 4.79 Å². The van der Waals surface area contributed by atoms with Crippen LogP contribution in [0, 0.1) is 0 Å². The van der Waals surface area contributed by atoms with Gasteiger partial charge in [0.15, 0.2) is 0 Å². The minimum atomic E-state index is -0.467. The van der Waals surface area contributed by atoms with Crippen LogP contribution >= 0.6 is 11.6 Å². The highest BCUT2D eigenvalue weighted by atomic mass is 35.5. The van der Waals surface area contributed by atoms with Crippen molar-refractivity contribution in [2.45, 2.75) is 44.8 Å². The number of piperidine rings is 1. The Morgan fingerprint density at radius 1 is 1.30 bits per heavy atom. The van der Waals surface area contributed by atoms with Crippen molar-refractivity contribution in [1.29, 1.82) is 0 Å². The summed E-state index contributed by atoms with van der Waals surface area (Å²) in [7, 11) is 0. The molecular weight excluding hydrogens is 314 g/mol. The number of amides is 1. The molecule has 0 atom stereocenters. The SMILES string of the molecule is CC(C)(C)OC(=O)N1CCC2(C=Cc3cc(Cl)ccc3O2)CC1. The van der Waals surface area contributed by atoms with Crippen molar-refractivity contribution in [3.8, 4) is 5.75 Å². The van der Waals surface area contributed by atoms with Crippen LogP contribution in [0.4, 0.5) is 4.79 Å². The summed E-state index contributed by atoms with van der Waals surface area (Å²) in [5.74, 6) is 0.850. The van der Waals surface area contributed by atoms with Gasteiger partial charge in [-0.15, -0.1) is 0 Å². The van der Waals surface area contributed by atoms with Gasteiger partial charge in [0.2, 0.25) is 0 Å². The quantitative estimate of drug-likeness (QED) is 0.700. The zero-order chi connectivity index (χ0) is 16.7. The van der Waals surface area contributed by atoms with E-state index in [0.29, 0.717) is 18.1 Å². The van der Waals surface area contributed by atoms with Crippen LogP contribution in [0.25, 0.3) is 6.08 Å². The van der Waals surface area contributed by atoms with Crippen LogP contribution in [-0.4, -0.2) is 35.3 Å². The number of fused-ring (bicyclic) bond motifs is 1. The number of hydrogen-bond donors (Lipinski definition) is 0. The summed E-state index contributed by atoms with van der Waals surface area (Å²) in [4.78, 5) is 13.9. The fourth-order valence-electron chi connectivity index (χ4n) is 2.90. The van der Waals surface area contributed by atoms with Gasteiger partial charge >= 0.3 is 6.09 Å². The zero-order valence-corrected chi connectivity index (χ0v) is 14.5. The number of likely N-dealkylation sites (tertiary alicyclic amines) is 1. The smallest absolute Gasteiger partial charge is 0.410 e. The van der Waals surface area contributed by atoms with E-state index in [0.717, 1.165) is 24.2 Å². The van der Waals surface area contributed by atoms with Gasteiger partial charge in [-0.05, 0) is 45.0 Å². The van der Waals surface area contributed by atoms with Gasteiger partial charge in [0.05, 0.1) is 0 Å². The molecule has 5 heteroatoms. The van der Waals surface area contributed by atoms with Gasteiger partial charge < -0.3 is 14.4 Å². The number of halogens is 1. The molecule has 124 valence electrons. The van der Waals surface area contributed by atoms with Crippen LogP contribution in [0.15, 0.2) is 24.3 Å². The van der Waals surface area contributed by atoms with E-state index in [1.807, 2.05) is 39.0 Å². The van der Waals surface area contributed by atoms with Crippen LogP contribution in [0.2, 0.25) is 5.02 Å². The molecule has 2 aliphatic rings. The first kappa shape index (κ1) is 16.2. The van der Waals surface area contributed by atoms with E-state index in [1.165, 1.54) is 0 Å². The Morgan fingerprint density at radius 3 is 2.65 bits per heavy atom. The molecule has 1 saturated heterocycles. The minimum absolute atomic E-state index is 0.251. The summed E-state index contributed by atoms with van der Waals surface area (Å²) in [5.41, 5.74) is 0.197. The van der Waals surface area contributed by atoms with E-state index in [9.17, 15) is 4.79 Å². The second-order valence-electron chi connectivity index (χ2n) is 7.15. The molecule has 0 N–H and O–H groups in total. The van der Waals surface area contributed by atoms with Crippen LogP contribution in [0.3, 0.4) is 0 Å². The average Bonchev–Trinajstić information content (AvgIpc) is 2.47. The van der Waals surface area contributed by atoms with Crippen molar-refractivity contribution >= 4 is 23.8 Å². The molecule has 1 spiro atoms. The fourth-order valence-corrected chi connectivity index (χ4v) is 3.08. The van der Waals surface area contributed by atoms with Crippen LogP contribution in [0.5, 0.6) is 5.75 Å². The van der Waals surface area contributed by atoms with E-state index < -0.39 is 5.60 Å². The first-order valence-electron chi connectivity index (χ1n) is 7.92. The van der Waals surface area contributed by atoms with Crippen molar-refractivity contribution in [3.05, 3.63) is 34.9 Å². The number of rotatable bonds is 0. The molecule has 2 aliphatic heterocycles. The van der Waals surface area contributed by atoms with Gasteiger partial charge in [-0.1, -0.05) is 17.7 Å². The lowest BCUT2D eigenvalue weighted by atomic mass is 9.88. The third-order valence-electron chi connectivity index (χ3n) is 4.11. The largest absolute Gasteiger partial charge is 0.482 e. The fraction of sp³-hybridized carbons (Fsp3) is 0.500. The summed E-state index contributed by atoms with van der Waals surface area (Å²) in [6.07, 6.45) is 5.42. The number of carbonyl (C=O) groups is 1. The van der Waals surface area contributed by atoms with Gasteiger partial charge in [0.1, 0.15) is 17.0 Å². The lowest BCUT2D eigenvalue weighted by molar-refractivity contribution is -0.00101. The molecule has 0 unspecified atom stereocenters.